The van der Waals surface area contributed by atoms with E-state index < -0.39 is 0 Å². The Morgan fingerprint density at radius 2 is 1.04 bits per heavy atom. The smallest absolute Gasteiger partial charge is 0.246 e. The van der Waals surface area contributed by atoms with Crippen molar-refractivity contribution in [1.29, 1.82) is 0 Å². The van der Waals surface area contributed by atoms with E-state index in [0.29, 0.717) is 0 Å². The second-order valence-corrected chi connectivity index (χ2v) is 8.84. The Balaban J connectivity index is 1.71. The molecule has 2 aliphatic carbocycles. The summed E-state index contributed by atoms with van der Waals surface area (Å²) in [5, 5.41) is 0. The monoisotopic (exact) mass is 374 g/mol. The Labute approximate surface area is 152 Å². The first kappa shape index (κ1) is 15.5. The molecule has 2 saturated carbocycles. The summed E-state index contributed by atoms with van der Waals surface area (Å²) in [6.07, 6.45) is 3.28. The Kier molecular flexibility index (Phi) is 2.48. The van der Waals surface area contributed by atoms with Crippen molar-refractivity contribution < 1.29 is 0 Å². The molecule has 27 heavy (non-hydrogen) atoms. The fourth-order valence-electron chi connectivity index (χ4n) is 7.03. The average Bonchev–Trinajstić information content (AvgIpc) is 3.04. The molecule has 6 aliphatic rings. The lowest BCUT2D eigenvalue weighted by molar-refractivity contribution is -0.174. The molecule has 2 aromatic heterocycles. The van der Waals surface area contributed by atoms with Gasteiger partial charge >= 0.3 is 22.8 Å². The summed E-state index contributed by atoms with van der Waals surface area (Å²) in [6.45, 7) is 2.16. The predicted octanol–water partition coefficient (Wildman–Crippen LogP) is -0.888. The normalized spacial score (nSPS) is 38.0. The molecule has 0 N–H and O–H groups in total. The van der Waals surface area contributed by atoms with Crippen molar-refractivity contribution in [3.8, 4) is 0 Å². The summed E-state index contributed by atoms with van der Waals surface area (Å²) in [7, 11) is 3.04. The standard InChI is InChI=1S/C17H22N6O4/c1-17-10-6-4-8(20-13(24)18(2)15(26)22(10)20)12(17)9-5-7-11(17)23-16(27)19(3)14(25)21(9)23/h8-12H,4-7H2,1-3H3/t8-,9+,10+,11-,12?,17?. The Morgan fingerprint density at radius 1 is 0.667 bits per heavy atom. The third kappa shape index (κ3) is 1.35. The number of rotatable bonds is 0. The number of aromatic nitrogens is 6. The highest BCUT2D eigenvalue weighted by atomic mass is 16.2. The van der Waals surface area contributed by atoms with E-state index in [1.54, 1.807) is 18.7 Å². The van der Waals surface area contributed by atoms with Crippen molar-refractivity contribution >= 4 is 0 Å². The van der Waals surface area contributed by atoms with Crippen molar-refractivity contribution in [3.63, 3.8) is 0 Å². The first-order chi connectivity index (χ1) is 12.8. The van der Waals surface area contributed by atoms with E-state index in [1.807, 2.05) is 0 Å². The van der Waals surface area contributed by atoms with Crippen LogP contribution in [0.15, 0.2) is 19.2 Å². The van der Waals surface area contributed by atoms with Gasteiger partial charge in [0.1, 0.15) is 0 Å². The molecule has 10 nitrogen and oxygen atoms in total. The molecule has 0 spiro atoms. The van der Waals surface area contributed by atoms with Crippen molar-refractivity contribution in [2.45, 2.75) is 56.8 Å². The number of hydrogen-bond acceptors (Lipinski definition) is 4. The quantitative estimate of drug-likeness (QED) is 0.598. The SMILES string of the molecule is Cn1c(=O)n2n(c1=O)[C@H]1CC[C@@H]2C2[C@@H]3CC[C@@H](n4c(=O)n(C)c(=O)n43)C21C. The van der Waals surface area contributed by atoms with Crippen LogP contribution >= 0.6 is 0 Å². The Morgan fingerprint density at radius 3 is 1.44 bits per heavy atom. The molecule has 0 saturated heterocycles. The van der Waals surface area contributed by atoms with Crippen LogP contribution in [0, 0.1) is 11.3 Å². The van der Waals surface area contributed by atoms with Crippen LogP contribution in [0.4, 0.5) is 0 Å². The van der Waals surface area contributed by atoms with Crippen LogP contribution in [-0.2, 0) is 14.1 Å². The summed E-state index contributed by atoms with van der Waals surface area (Å²) >= 11 is 0. The molecule has 0 aromatic carbocycles. The molecule has 0 amide bonds. The van der Waals surface area contributed by atoms with Crippen LogP contribution in [0.2, 0.25) is 0 Å². The third-order valence-electron chi connectivity index (χ3n) is 8.07. The van der Waals surface area contributed by atoms with Crippen LogP contribution < -0.4 is 22.8 Å². The van der Waals surface area contributed by atoms with E-state index >= 15 is 0 Å². The lowest BCUT2D eigenvalue weighted by Crippen LogP contribution is -2.67. The van der Waals surface area contributed by atoms with Gasteiger partial charge in [0, 0.05) is 25.4 Å². The van der Waals surface area contributed by atoms with Gasteiger partial charge in [0.25, 0.3) is 0 Å². The zero-order valence-electron chi connectivity index (χ0n) is 15.5. The lowest BCUT2D eigenvalue weighted by atomic mass is 9.51. The maximum atomic E-state index is 12.8. The van der Waals surface area contributed by atoms with Gasteiger partial charge in [-0.15, -0.1) is 0 Å². The highest BCUT2D eigenvalue weighted by Crippen LogP contribution is 2.68. The number of hydrogen-bond donors (Lipinski definition) is 0. The van der Waals surface area contributed by atoms with Crippen molar-refractivity contribution in [3.05, 3.63) is 41.9 Å². The van der Waals surface area contributed by atoms with E-state index in [1.165, 1.54) is 23.2 Å². The minimum Gasteiger partial charge on any atom is -0.246 e. The lowest BCUT2D eigenvalue weighted by Gasteiger charge is -2.65. The topological polar surface area (TPSA) is 97.9 Å². The van der Waals surface area contributed by atoms with Gasteiger partial charge < -0.3 is 0 Å². The first-order valence-corrected chi connectivity index (χ1v) is 9.60. The molecule has 0 radical (unpaired) electrons. The fourth-order valence-corrected chi connectivity index (χ4v) is 7.03. The molecule has 144 valence electrons. The molecule has 4 aliphatic heterocycles. The van der Waals surface area contributed by atoms with Crippen molar-refractivity contribution in [2.75, 3.05) is 0 Å². The maximum Gasteiger partial charge on any atom is 0.347 e. The molecule has 4 bridgehead atoms. The molecule has 2 aromatic rings. The van der Waals surface area contributed by atoms with Crippen LogP contribution in [0.25, 0.3) is 0 Å². The highest BCUT2D eigenvalue weighted by Gasteiger charge is 2.67. The van der Waals surface area contributed by atoms with Gasteiger partial charge in [-0.1, -0.05) is 6.92 Å². The van der Waals surface area contributed by atoms with Gasteiger partial charge in [-0.2, -0.15) is 0 Å². The van der Waals surface area contributed by atoms with Crippen LogP contribution in [0.1, 0.15) is 56.8 Å². The Hall–Kier alpha value is -2.52. The minimum absolute atomic E-state index is 0.0639. The zero-order chi connectivity index (χ0) is 19.0. The van der Waals surface area contributed by atoms with E-state index in [0.717, 1.165) is 25.7 Å². The van der Waals surface area contributed by atoms with E-state index in [9.17, 15) is 19.2 Å². The summed E-state index contributed by atoms with van der Waals surface area (Å²) in [5.74, 6) is 0.0639. The van der Waals surface area contributed by atoms with Gasteiger partial charge in [-0.25, -0.2) is 47.0 Å². The largest absolute Gasteiger partial charge is 0.347 e. The summed E-state index contributed by atoms with van der Waals surface area (Å²) in [4.78, 5) is 51.1. The molecule has 6 atom stereocenters. The predicted molar refractivity (Wildman–Crippen MR) is 94.1 cm³/mol. The number of fused-ring (bicyclic) bond motifs is 2. The van der Waals surface area contributed by atoms with Crippen molar-refractivity contribution in [1.82, 2.24) is 27.9 Å². The van der Waals surface area contributed by atoms with Crippen LogP contribution in [0.5, 0.6) is 0 Å². The molecule has 2 unspecified atom stereocenters. The molecule has 6 heterocycles. The first-order valence-electron chi connectivity index (χ1n) is 9.60. The zero-order valence-corrected chi connectivity index (χ0v) is 15.5. The average molecular weight is 374 g/mol. The van der Waals surface area contributed by atoms with Crippen LogP contribution in [0.3, 0.4) is 0 Å². The fraction of sp³-hybridized carbons (Fsp3) is 0.765. The molecular weight excluding hydrogens is 352 g/mol. The summed E-state index contributed by atoms with van der Waals surface area (Å²) in [5.41, 5.74) is -1.46. The van der Waals surface area contributed by atoms with E-state index in [-0.39, 0.29) is 58.3 Å². The summed E-state index contributed by atoms with van der Waals surface area (Å²) in [6, 6.07) is -0.523. The minimum atomic E-state index is -0.332. The van der Waals surface area contributed by atoms with Gasteiger partial charge in [0.2, 0.25) is 0 Å². The molecule has 8 rings (SSSR count). The van der Waals surface area contributed by atoms with Gasteiger partial charge in [0.15, 0.2) is 0 Å². The third-order valence-corrected chi connectivity index (χ3v) is 8.07. The number of nitrogens with zero attached hydrogens (tertiary/aromatic N) is 6. The maximum absolute atomic E-state index is 12.8. The van der Waals surface area contributed by atoms with Crippen molar-refractivity contribution in [2.24, 2.45) is 25.4 Å². The Bertz CT molecular complexity index is 1160. The second kappa shape index (κ2) is 4.31. The molecular formula is C17H22N6O4. The van der Waals surface area contributed by atoms with Gasteiger partial charge in [0.05, 0.1) is 24.2 Å². The molecule has 2 fully saturated rings. The molecule has 10 heteroatoms. The van der Waals surface area contributed by atoms with Crippen LogP contribution in [-0.4, -0.2) is 27.9 Å². The highest BCUT2D eigenvalue weighted by molar-refractivity contribution is 5.16. The van der Waals surface area contributed by atoms with Gasteiger partial charge in [-0.3, -0.25) is 0 Å². The second-order valence-electron chi connectivity index (χ2n) is 8.84. The van der Waals surface area contributed by atoms with Gasteiger partial charge in [-0.05, 0) is 25.7 Å². The van der Waals surface area contributed by atoms with E-state index in [4.69, 9.17) is 0 Å². The summed E-state index contributed by atoms with van der Waals surface area (Å²) < 4.78 is 8.92. The van der Waals surface area contributed by atoms with E-state index in [2.05, 4.69) is 6.92 Å².